The van der Waals surface area contributed by atoms with Crippen molar-refractivity contribution in [3.8, 4) is 0 Å². The number of aliphatic hydroxyl groups is 1. The summed E-state index contributed by atoms with van der Waals surface area (Å²) < 4.78 is 5.14. The zero-order valence-corrected chi connectivity index (χ0v) is 8.64. The van der Waals surface area contributed by atoms with E-state index in [-0.39, 0.29) is 12.6 Å². The fourth-order valence-electron chi connectivity index (χ4n) is 0.793. The summed E-state index contributed by atoms with van der Waals surface area (Å²) in [6, 6.07) is 3.39. The fourth-order valence-corrected chi connectivity index (χ4v) is 1.84. The average molecular weight is 222 g/mol. The molecule has 1 heterocycles. The quantitative estimate of drug-likeness (QED) is 0.791. The lowest BCUT2D eigenvalue weighted by atomic mass is 10.4. The number of thioether (sulfide) groups is 1. The van der Waals surface area contributed by atoms with Crippen LogP contribution in [0.2, 0.25) is 5.22 Å². The Hall–Kier alpha value is -0.160. The van der Waals surface area contributed by atoms with E-state index in [1.165, 1.54) is 0 Å². The number of aliphatic hydroxyl groups excluding tert-OH is 1. The van der Waals surface area contributed by atoms with E-state index in [1.54, 1.807) is 17.8 Å². The molecule has 0 radical (unpaired) electrons. The van der Waals surface area contributed by atoms with Crippen LogP contribution in [-0.4, -0.2) is 23.5 Å². The van der Waals surface area contributed by atoms with Crippen LogP contribution in [0.1, 0.15) is 5.76 Å². The monoisotopic (exact) mass is 221 g/mol. The molecule has 3 nitrogen and oxygen atoms in total. The van der Waals surface area contributed by atoms with Crippen molar-refractivity contribution in [2.24, 2.45) is 5.73 Å². The van der Waals surface area contributed by atoms with Crippen LogP contribution in [0.3, 0.4) is 0 Å². The Morgan fingerprint density at radius 3 is 2.92 bits per heavy atom. The van der Waals surface area contributed by atoms with Gasteiger partial charge < -0.3 is 15.3 Å². The maximum Gasteiger partial charge on any atom is 0.193 e. The second-order valence-electron chi connectivity index (χ2n) is 2.66. The highest BCUT2D eigenvalue weighted by molar-refractivity contribution is 7.98. The zero-order valence-electron chi connectivity index (χ0n) is 7.07. The molecule has 74 valence electrons. The lowest BCUT2D eigenvalue weighted by Gasteiger charge is -2.05. The molecule has 0 saturated carbocycles. The van der Waals surface area contributed by atoms with Crippen molar-refractivity contribution in [3.63, 3.8) is 0 Å². The van der Waals surface area contributed by atoms with E-state index in [9.17, 15) is 0 Å². The van der Waals surface area contributed by atoms with Crippen molar-refractivity contribution in [1.82, 2.24) is 0 Å². The molecular weight excluding hydrogens is 210 g/mol. The van der Waals surface area contributed by atoms with E-state index in [4.69, 9.17) is 26.9 Å². The van der Waals surface area contributed by atoms with Crippen LogP contribution >= 0.6 is 23.4 Å². The van der Waals surface area contributed by atoms with E-state index in [0.717, 1.165) is 17.3 Å². The molecule has 1 atom stereocenters. The van der Waals surface area contributed by atoms with Gasteiger partial charge in [0.25, 0.3) is 0 Å². The number of rotatable bonds is 5. The number of halogens is 1. The highest BCUT2D eigenvalue weighted by atomic mass is 35.5. The molecule has 0 bridgehead atoms. The molecule has 0 aliphatic rings. The topological polar surface area (TPSA) is 59.4 Å². The second-order valence-corrected chi connectivity index (χ2v) is 4.07. The maximum atomic E-state index is 8.65. The van der Waals surface area contributed by atoms with Gasteiger partial charge >= 0.3 is 0 Å². The van der Waals surface area contributed by atoms with Crippen LogP contribution in [0.25, 0.3) is 0 Å². The predicted molar refractivity (Wildman–Crippen MR) is 54.9 cm³/mol. The Kier molecular flexibility index (Phi) is 4.66. The molecule has 0 amide bonds. The fraction of sp³-hybridized carbons (Fsp3) is 0.500. The van der Waals surface area contributed by atoms with E-state index < -0.39 is 0 Å². The summed E-state index contributed by atoms with van der Waals surface area (Å²) in [7, 11) is 0. The third-order valence-electron chi connectivity index (χ3n) is 1.44. The van der Waals surface area contributed by atoms with Crippen LogP contribution in [0.4, 0.5) is 0 Å². The SMILES string of the molecule is NC(CO)CSCc1ccc(Cl)o1. The molecule has 0 aliphatic heterocycles. The van der Waals surface area contributed by atoms with Gasteiger partial charge in [-0.15, -0.1) is 0 Å². The zero-order chi connectivity index (χ0) is 9.68. The average Bonchev–Trinajstić information content (AvgIpc) is 2.51. The minimum absolute atomic E-state index is 0.0198. The highest BCUT2D eigenvalue weighted by Gasteiger charge is 2.03. The summed E-state index contributed by atoms with van der Waals surface area (Å²) in [4.78, 5) is 0. The first-order valence-electron chi connectivity index (χ1n) is 3.90. The normalized spacial score (nSPS) is 13.2. The molecule has 1 rings (SSSR count). The van der Waals surface area contributed by atoms with E-state index >= 15 is 0 Å². The van der Waals surface area contributed by atoms with Gasteiger partial charge in [0.15, 0.2) is 5.22 Å². The molecule has 5 heteroatoms. The molecule has 0 aliphatic carbocycles. The summed E-state index contributed by atoms with van der Waals surface area (Å²) in [5.41, 5.74) is 5.51. The number of nitrogens with two attached hydrogens (primary N) is 1. The van der Waals surface area contributed by atoms with Gasteiger partial charge in [-0.3, -0.25) is 0 Å². The third kappa shape index (κ3) is 4.04. The largest absolute Gasteiger partial charge is 0.449 e. The van der Waals surface area contributed by atoms with Gasteiger partial charge in [0.2, 0.25) is 0 Å². The van der Waals surface area contributed by atoms with Crippen molar-refractivity contribution in [2.75, 3.05) is 12.4 Å². The van der Waals surface area contributed by atoms with Crippen molar-refractivity contribution >= 4 is 23.4 Å². The Bertz CT molecular complexity index is 254. The Morgan fingerprint density at radius 2 is 2.38 bits per heavy atom. The van der Waals surface area contributed by atoms with Gasteiger partial charge in [0, 0.05) is 11.8 Å². The minimum Gasteiger partial charge on any atom is -0.449 e. The van der Waals surface area contributed by atoms with Crippen LogP contribution in [-0.2, 0) is 5.75 Å². The first kappa shape index (κ1) is 10.9. The molecular formula is C8H12ClNO2S. The van der Waals surface area contributed by atoms with Crippen molar-refractivity contribution in [1.29, 1.82) is 0 Å². The lowest BCUT2D eigenvalue weighted by molar-refractivity contribution is 0.275. The van der Waals surface area contributed by atoms with Gasteiger partial charge in [-0.2, -0.15) is 11.8 Å². The standard InChI is InChI=1S/C8H12ClNO2S/c9-8-2-1-7(12-8)5-13-4-6(10)3-11/h1-2,6,11H,3-5,10H2. The van der Waals surface area contributed by atoms with Crippen molar-refractivity contribution in [2.45, 2.75) is 11.8 Å². The summed E-state index contributed by atoms with van der Waals surface area (Å²) in [6.07, 6.45) is 0. The van der Waals surface area contributed by atoms with Crippen molar-refractivity contribution in [3.05, 3.63) is 23.1 Å². The van der Waals surface area contributed by atoms with Gasteiger partial charge in [-0.05, 0) is 23.7 Å². The summed E-state index contributed by atoms with van der Waals surface area (Å²) >= 11 is 7.20. The maximum absolute atomic E-state index is 8.65. The van der Waals surface area contributed by atoms with Gasteiger partial charge in [-0.1, -0.05) is 0 Å². The van der Waals surface area contributed by atoms with Crippen LogP contribution < -0.4 is 5.73 Å². The summed E-state index contributed by atoms with van der Waals surface area (Å²) in [5, 5.41) is 9.06. The first-order valence-corrected chi connectivity index (χ1v) is 5.44. The molecule has 1 unspecified atom stereocenters. The highest BCUT2D eigenvalue weighted by Crippen LogP contribution is 2.18. The van der Waals surface area contributed by atoms with E-state index in [0.29, 0.717) is 5.22 Å². The summed E-state index contributed by atoms with van der Waals surface area (Å²) in [6.45, 7) is 0.0198. The Labute approximate surface area is 86.2 Å². The second kappa shape index (κ2) is 5.54. The number of hydrogen-bond donors (Lipinski definition) is 2. The third-order valence-corrected chi connectivity index (χ3v) is 2.80. The van der Waals surface area contributed by atoms with Gasteiger partial charge in [0.1, 0.15) is 5.76 Å². The van der Waals surface area contributed by atoms with Gasteiger partial charge in [-0.25, -0.2) is 0 Å². The molecule has 0 aromatic carbocycles. The Morgan fingerprint density at radius 1 is 1.62 bits per heavy atom. The molecule has 0 saturated heterocycles. The predicted octanol–water partition coefficient (Wildman–Crippen LogP) is 1.49. The van der Waals surface area contributed by atoms with Crippen molar-refractivity contribution < 1.29 is 9.52 Å². The van der Waals surface area contributed by atoms with Crippen LogP contribution in [0.15, 0.2) is 16.5 Å². The molecule has 0 spiro atoms. The lowest BCUT2D eigenvalue weighted by Crippen LogP contribution is -2.26. The molecule has 13 heavy (non-hydrogen) atoms. The van der Waals surface area contributed by atoms with Crippen LogP contribution in [0, 0.1) is 0 Å². The smallest absolute Gasteiger partial charge is 0.193 e. The molecule has 1 aromatic rings. The summed E-state index contributed by atoms with van der Waals surface area (Å²) in [5.74, 6) is 2.29. The molecule has 3 N–H and O–H groups in total. The van der Waals surface area contributed by atoms with Gasteiger partial charge in [0.05, 0.1) is 12.4 Å². The molecule has 1 aromatic heterocycles. The number of hydrogen-bond acceptors (Lipinski definition) is 4. The van der Waals surface area contributed by atoms with Crippen LogP contribution in [0.5, 0.6) is 0 Å². The first-order chi connectivity index (χ1) is 6.22. The molecule has 0 fully saturated rings. The van der Waals surface area contributed by atoms with E-state index in [2.05, 4.69) is 0 Å². The minimum atomic E-state index is -0.157. The number of furan rings is 1. The van der Waals surface area contributed by atoms with E-state index in [1.807, 2.05) is 6.07 Å². The Balaban J connectivity index is 2.20.